The predicted octanol–water partition coefficient (Wildman–Crippen LogP) is 3.62. The zero-order valence-electron chi connectivity index (χ0n) is 12.9. The van der Waals surface area contributed by atoms with E-state index in [9.17, 15) is 18.0 Å². The van der Waals surface area contributed by atoms with Crippen LogP contribution in [0.1, 0.15) is 31.2 Å². The molecule has 1 aromatic carbocycles. The number of piperidine rings is 1. The average Bonchev–Trinajstić information content (AvgIpc) is 2.83. The molecule has 0 radical (unpaired) electrons. The second-order valence-electron chi connectivity index (χ2n) is 6.19. The second kappa shape index (κ2) is 7.97. The SMILES string of the molecule is Cl.O=C(CSc1cccc(C(F)(F)F)c1)NC1CC2CCC(C1)N2. The fraction of sp³-hybridized carbons (Fsp3) is 0.562. The van der Waals surface area contributed by atoms with Crippen molar-refractivity contribution in [3.63, 3.8) is 0 Å². The van der Waals surface area contributed by atoms with Gasteiger partial charge in [0.1, 0.15) is 0 Å². The first-order valence-corrected chi connectivity index (χ1v) is 8.74. The van der Waals surface area contributed by atoms with Crippen LogP contribution in [0.5, 0.6) is 0 Å². The van der Waals surface area contributed by atoms with Gasteiger partial charge in [-0.05, 0) is 43.9 Å². The van der Waals surface area contributed by atoms with Crippen molar-refractivity contribution in [1.82, 2.24) is 10.6 Å². The Kier molecular flexibility index (Phi) is 6.45. The lowest BCUT2D eigenvalue weighted by molar-refractivity contribution is -0.137. The summed E-state index contributed by atoms with van der Waals surface area (Å²) in [6.07, 6.45) is -0.147. The molecule has 2 bridgehead atoms. The number of carbonyl (C=O) groups excluding carboxylic acids is 1. The average molecular weight is 381 g/mol. The second-order valence-corrected chi connectivity index (χ2v) is 7.24. The molecule has 24 heavy (non-hydrogen) atoms. The number of alkyl halides is 3. The molecule has 1 amide bonds. The van der Waals surface area contributed by atoms with Gasteiger partial charge in [0.2, 0.25) is 5.91 Å². The maximum Gasteiger partial charge on any atom is 0.416 e. The largest absolute Gasteiger partial charge is 0.416 e. The Morgan fingerprint density at radius 1 is 1.25 bits per heavy atom. The molecular formula is C16H20ClF3N2OS. The van der Waals surface area contributed by atoms with Crippen LogP contribution in [0.4, 0.5) is 13.2 Å². The van der Waals surface area contributed by atoms with E-state index in [1.54, 1.807) is 6.07 Å². The van der Waals surface area contributed by atoms with Crippen molar-refractivity contribution >= 4 is 30.1 Å². The van der Waals surface area contributed by atoms with E-state index < -0.39 is 11.7 Å². The van der Waals surface area contributed by atoms with Gasteiger partial charge in [-0.25, -0.2) is 0 Å². The summed E-state index contributed by atoms with van der Waals surface area (Å²) in [6, 6.07) is 6.26. The van der Waals surface area contributed by atoms with E-state index in [1.807, 2.05) is 0 Å². The van der Waals surface area contributed by atoms with E-state index in [2.05, 4.69) is 10.6 Å². The van der Waals surface area contributed by atoms with Gasteiger partial charge >= 0.3 is 6.18 Å². The smallest absolute Gasteiger partial charge is 0.353 e. The zero-order chi connectivity index (χ0) is 16.4. The molecule has 2 aliphatic rings. The summed E-state index contributed by atoms with van der Waals surface area (Å²) < 4.78 is 38.0. The molecule has 0 saturated carbocycles. The molecule has 2 fully saturated rings. The highest BCUT2D eigenvalue weighted by Crippen LogP contribution is 2.32. The van der Waals surface area contributed by atoms with E-state index >= 15 is 0 Å². The minimum atomic E-state index is -4.35. The van der Waals surface area contributed by atoms with Crippen molar-refractivity contribution < 1.29 is 18.0 Å². The Morgan fingerprint density at radius 3 is 2.54 bits per heavy atom. The molecule has 2 heterocycles. The number of benzene rings is 1. The molecule has 2 atom stereocenters. The Hall–Kier alpha value is -0.920. The van der Waals surface area contributed by atoms with Gasteiger partial charge in [-0.3, -0.25) is 4.79 Å². The third kappa shape index (κ3) is 5.04. The third-order valence-electron chi connectivity index (χ3n) is 4.37. The minimum absolute atomic E-state index is 0. The molecule has 0 aromatic heterocycles. The van der Waals surface area contributed by atoms with Crippen LogP contribution in [0.3, 0.4) is 0 Å². The lowest BCUT2D eigenvalue weighted by atomic mass is 10.00. The molecular weight excluding hydrogens is 361 g/mol. The van der Waals surface area contributed by atoms with Crippen molar-refractivity contribution in [3.05, 3.63) is 29.8 Å². The lowest BCUT2D eigenvalue weighted by Gasteiger charge is -2.29. The molecule has 8 heteroatoms. The molecule has 0 spiro atoms. The third-order valence-corrected chi connectivity index (χ3v) is 5.36. The number of thioether (sulfide) groups is 1. The number of hydrogen-bond donors (Lipinski definition) is 2. The summed E-state index contributed by atoms with van der Waals surface area (Å²) in [5.41, 5.74) is -0.683. The van der Waals surface area contributed by atoms with Crippen molar-refractivity contribution in [2.75, 3.05) is 5.75 Å². The number of hydrogen-bond acceptors (Lipinski definition) is 3. The molecule has 0 aliphatic carbocycles. The van der Waals surface area contributed by atoms with Gasteiger partial charge in [0, 0.05) is 23.0 Å². The van der Waals surface area contributed by atoms with Gasteiger partial charge in [0.25, 0.3) is 0 Å². The fourth-order valence-corrected chi connectivity index (χ4v) is 4.12. The molecule has 3 rings (SSSR count). The van der Waals surface area contributed by atoms with Crippen LogP contribution in [0.2, 0.25) is 0 Å². The molecule has 2 N–H and O–H groups in total. The number of carbonyl (C=O) groups is 1. The molecule has 2 unspecified atom stereocenters. The molecule has 134 valence electrons. The minimum Gasteiger partial charge on any atom is -0.353 e. The fourth-order valence-electron chi connectivity index (χ4n) is 3.36. The lowest BCUT2D eigenvalue weighted by Crippen LogP contribution is -2.48. The van der Waals surface area contributed by atoms with E-state index in [0.717, 1.165) is 49.6 Å². The van der Waals surface area contributed by atoms with Crippen molar-refractivity contribution in [3.8, 4) is 0 Å². The Morgan fingerprint density at radius 2 is 1.92 bits per heavy atom. The summed E-state index contributed by atoms with van der Waals surface area (Å²) in [5.74, 6) is 0.0272. The summed E-state index contributed by atoms with van der Waals surface area (Å²) >= 11 is 1.14. The summed E-state index contributed by atoms with van der Waals surface area (Å²) in [7, 11) is 0. The zero-order valence-corrected chi connectivity index (χ0v) is 14.6. The van der Waals surface area contributed by atoms with Crippen molar-refractivity contribution in [2.24, 2.45) is 0 Å². The van der Waals surface area contributed by atoms with Crippen LogP contribution < -0.4 is 10.6 Å². The maximum absolute atomic E-state index is 12.7. The highest BCUT2D eigenvalue weighted by molar-refractivity contribution is 8.00. The topological polar surface area (TPSA) is 41.1 Å². The Bertz CT molecular complexity index is 573. The summed E-state index contributed by atoms with van der Waals surface area (Å²) in [6.45, 7) is 0. The van der Waals surface area contributed by atoms with Crippen molar-refractivity contribution in [2.45, 2.75) is 54.9 Å². The predicted molar refractivity (Wildman–Crippen MR) is 90.5 cm³/mol. The Labute approximate surface area is 149 Å². The van der Waals surface area contributed by atoms with E-state index in [0.29, 0.717) is 17.0 Å². The molecule has 2 saturated heterocycles. The molecule has 2 aliphatic heterocycles. The molecule has 1 aromatic rings. The van der Waals surface area contributed by atoms with E-state index in [4.69, 9.17) is 0 Å². The first-order valence-electron chi connectivity index (χ1n) is 7.75. The summed E-state index contributed by atoms with van der Waals surface area (Å²) in [4.78, 5) is 12.5. The maximum atomic E-state index is 12.7. The van der Waals surface area contributed by atoms with Crippen LogP contribution in [-0.2, 0) is 11.0 Å². The normalized spacial score (nSPS) is 25.9. The van der Waals surface area contributed by atoms with Gasteiger partial charge in [-0.2, -0.15) is 13.2 Å². The highest BCUT2D eigenvalue weighted by Gasteiger charge is 2.34. The number of amides is 1. The van der Waals surface area contributed by atoms with Gasteiger partial charge < -0.3 is 10.6 Å². The number of rotatable bonds is 4. The van der Waals surface area contributed by atoms with Crippen LogP contribution in [-0.4, -0.2) is 29.8 Å². The van der Waals surface area contributed by atoms with Crippen LogP contribution >= 0.6 is 24.2 Å². The monoisotopic (exact) mass is 380 g/mol. The number of fused-ring (bicyclic) bond motifs is 2. The van der Waals surface area contributed by atoms with E-state index in [1.165, 1.54) is 6.07 Å². The van der Waals surface area contributed by atoms with Crippen LogP contribution in [0, 0.1) is 0 Å². The number of nitrogens with one attached hydrogen (secondary N) is 2. The first-order chi connectivity index (χ1) is 10.9. The quantitative estimate of drug-likeness (QED) is 0.784. The molecule has 3 nitrogen and oxygen atoms in total. The highest BCUT2D eigenvalue weighted by atomic mass is 35.5. The van der Waals surface area contributed by atoms with Gasteiger partial charge in [-0.1, -0.05) is 6.07 Å². The first kappa shape index (κ1) is 19.4. The van der Waals surface area contributed by atoms with E-state index in [-0.39, 0.29) is 30.1 Å². The number of halogens is 4. The van der Waals surface area contributed by atoms with Gasteiger partial charge in [0.05, 0.1) is 11.3 Å². The summed E-state index contributed by atoms with van der Waals surface area (Å²) in [5, 5.41) is 6.52. The van der Waals surface area contributed by atoms with Crippen LogP contribution in [0.15, 0.2) is 29.2 Å². The Balaban J connectivity index is 0.00000208. The standard InChI is InChI=1S/C16H19F3N2OS.ClH/c17-16(18,19)10-2-1-3-14(6-10)23-9-15(22)21-13-7-11-4-5-12(8-13)20-11;/h1-3,6,11-13,20H,4-5,7-9H2,(H,21,22);1H. The van der Waals surface area contributed by atoms with Gasteiger partial charge in [0.15, 0.2) is 0 Å². The van der Waals surface area contributed by atoms with Crippen molar-refractivity contribution in [1.29, 1.82) is 0 Å². The van der Waals surface area contributed by atoms with Gasteiger partial charge in [-0.15, -0.1) is 24.2 Å². The van der Waals surface area contributed by atoms with Crippen LogP contribution in [0.25, 0.3) is 0 Å².